The summed E-state index contributed by atoms with van der Waals surface area (Å²) in [6.45, 7) is 2.53. The third kappa shape index (κ3) is 5.38. The maximum atomic E-state index is 13.0. The number of anilines is 1. The van der Waals surface area contributed by atoms with Crippen molar-refractivity contribution in [2.24, 2.45) is 0 Å². The molecule has 0 aliphatic carbocycles. The van der Waals surface area contributed by atoms with Crippen LogP contribution in [0.3, 0.4) is 0 Å². The minimum absolute atomic E-state index is 0.258. The molecule has 0 aliphatic rings. The van der Waals surface area contributed by atoms with Crippen molar-refractivity contribution in [2.75, 3.05) is 19.0 Å². The van der Waals surface area contributed by atoms with E-state index in [1.807, 2.05) is 61.5 Å². The number of benzene rings is 3. The Bertz CT molecular complexity index is 988. The van der Waals surface area contributed by atoms with Gasteiger partial charge in [-0.25, -0.2) is 4.79 Å². The molecule has 0 spiro atoms. The number of nitrogens with one attached hydrogen (secondary N) is 2. The van der Waals surface area contributed by atoms with Gasteiger partial charge in [-0.05, 0) is 48.4 Å². The van der Waals surface area contributed by atoms with Gasteiger partial charge in [-0.1, -0.05) is 48.5 Å². The molecule has 0 fully saturated rings. The maximum Gasteiger partial charge on any atom is 0.411 e. The van der Waals surface area contributed by atoms with Crippen molar-refractivity contribution < 1.29 is 19.1 Å². The number of hydrogen-bond acceptors (Lipinski definition) is 4. The highest BCUT2D eigenvalue weighted by molar-refractivity contribution is 5.96. The lowest BCUT2D eigenvalue weighted by molar-refractivity contribution is 0.0943. The monoisotopic (exact) mass is 404 g/mol. The van der Waals surface area contributed by atoms with Crippen LogP contribution in [-0.2, 0) is 4.74 Å². The van der Waals surface area contributed by atoms with Gasteiger partial charge in [0.25, 0.3) is 5.91 Å². The number of carbonyl (C=O) groups excluding carboxylic acids is 2. The molecule has 1 unspecified atom stereocenters. The van der Waals surface area contributed by atoms with Crippen LogP contribution >= 0.6 is 0 Å². The summed E-state index contributed by atoms with van der Waals surface area (Å²) in [6, 6.07) is 23.8. The number of hydrogen-bond donors (Lipinski definition) is 2. The van der Waals surface area contributed by atoms with Gasteiger partial charge in [0.15, 0.2) is 0 Å². The van der Waals surface area contributed by atoms with Crippen LogP contribution in [0.1, 0.15) is 34.5 Å². The van der Waals surface area contributed by atoms with E-state index < -0.39 is 6.09 Å². The number of ether oxygens (including phenoxy) is 2. The van der Waals surface area contributed by atoms with Crippen molar-refractivity contribution in [3.8, 4) is 5.75 Å². The highest BCUT2D eigenvalue weighted by Crippen LogP contribution is 2.25. The maximum absolute atomic E-state index is 13.0. The molecule has 0 saturated carbocycles. The minimum atomic E-state index is -0.593. The van der Waals surface area contributed by atoms with E-state index in [-0.39, 0.29) is 11.9 Å². The molecule has 2 N–H and O–H groups in total. The van der Waals surface area contributed by atoms with Gasteiger partial charge >= 0.3 is 6.09 Å². The second-order valence-electron chi connectivity index (χ2n) is 6.52. The average molecular weight is 404 g/mol. The van der Waals surface area contributed by atoms with Gasteiger partial charge in [-0.3, -0.25) is 10.1 Å². The molecule has 3 rings (SSSR count). The number of carbonyl (C=O) groups is 2. The Morgan fingerprint density at radius 2 is 1.60 bits per heavy atom. The smallest absolute Gasteiger partial charge is 0.411 e. The second kappa shape index (κ2) is 10.1. The topological polar surface area (TPSA) is 76.7 Å². The van der Waals surface area contributed by atoms with Crippen LogP contribution in [0.15, 0.2) is 78.9 Å². The van der Waals surface area contributed by atoms with Crippen LogP contribution in [0.4, 0.5) is 10.5 Å². The highest BCUT2D eigenvalue weighted by atomic mass is 16.5. The van der Waals surface area contributed by atoms with Crippen LogP contribution in [0.5, 0.6) is 5.75 Å². The Hall–Kier alpha value is -3.80. The van der Waals surface area contributed by atoms with E-state index in [0.717, 1.165) is 16.9 Å². The number of methoxy groups -OCH3 is 1. The Labute approximate surface area is 175 Å². The molecule has 6 nitrogen and oxygen atoms in total. The van der Waals surface area contributed by atoms with Gasteiger partial charge in [0.2, 0.25) is 0 Å². The first kappa shape index (κ1) is 20.9. The Morgan fingerprint density at radius 1 is 0.900 bits per heavy atom. The molecule has 154 valence electrons. The first-order valence-corrected chi connectivity index (χ1v) is 9.64. The van der Waals surface area contributed by atoms with Crippen molar-refractivity contribution in [1.82, 2.24) is 5.32 Å². The van der Waals surface area contributed by atoms with Crippen molar-refractivity contribution in [2.45, 2.75) is 13.0 Å². The zero-order valence-electron chi connectivity index (χ0n) is 16.9. The Kier molecular flexibility index (Phi) is 7.05. The predicted molar refractivity (Wildman–Crippen MR) is 116 cm³/mol. The van der Waals surface area contributed by atoms with Gasteiger partial charge in [0, 0.05) is 11.3 Å². The van der Waals surface area contributed by atoms with Gasteiger partial charge in [0.1, 0.15) is 5.75 Å². The van der Waals surface area contributed by atoms with E-state index in [9.17, 15) is 9.59 Å². The van der Waals surface area contributed by atoms with Gasteiger partial charge in [-0.2, -0.15) is 0 Å². The van der Waals surface area contributed by atoms with Gasteiger partial charge in [-0.15, -0.1) is 0 Å². The van der Waals surface area contributed by atoms with Crippen molar-refractivity contribution in [1.29, 1.82) is 0 Å². The van der Waals surface area contributed by atoms with Gasteiger partial charge < -0.3 is 14.8 Å². The van der Waals surface area contributed by atoms with E-state index in [2.05, 4.69) is 15.4 Å². The van der Waals surface area contributed by atoms with Crippen LogP contribution in [-0.4, -0.2) is 25.7 Å². The van der Waals surface area contributed by atoms with E-state index in [1.54, 1.807) is 24.3 Å². The fraction of sp³-hybridized carbons (Fsp3) is 0.167. The summed E-state index contributed by atoms with van der Waals surface area (Å²) < 4.78 is 10.1. The predicted octanol–water partition coefficient (Wildman–Crippen LogP) is 4.78. The fourth-order valence-corrected chi connectivity index (χ4v) is 3.05. The van der Waals surface area contributed by atoms with E-state index in [0.29, 0.717) is 17.9 Å². The SMILES string of the molecule is CCOc1ccc(C(NC(=O)c2cccc(NC(=O)OC)c2)c2ccccc2)cc1. The summed E-state index contributed by atoms with van der Waals surface area (Å²) in [5.74, 6) is 0.521. The molecule has 6 heteroatoms. The lowest BCUT2D eigenvalue weighted by Gasteiger charge is -2.20. The van der Waals surface area contributed by atoms with Crippen LogP contribution in [0, 0.1) is 0 Å². The van der Waals surface area contributed by atoms with Gasteiger partial charge in [0.05, 0.1) is 19.8 Å². The standard InChI is InChI=1S/C24H24N2O4/c1-3-30-21-14-12-18(13-15-21)22(17-8-5-4-6-9-17)26-23(27)19-10-7-11-20(16-19)25-24(28)29-2/h4-16,22H,3H2,1-2H3,(H,25,28)(H,26,27). The molecule has 0 bridgehead atoms. The molecule has 1 atom stereocenters. The summed E-state index contributed by atoms with van der Waals surface area (Å²) in [5, 5.41) is 5.65. The molecule has 30 heavy (non-hydrogen) atoms. The molecule has 0 aliphatic heterocycles. The van der Waals surface area contributed by atoms with Crippen molar-refractivity contribution >= 4 is 17.7 Å². The van der Waals surface area contributed by atoms with Crippen LogP contribution in [0.2, 0.25) is 0 Å². The first-order valence-electron chi connectivity index (χ1n) is 9.64. The van der Waals surface area contributed by atoms with Crippen LogP contribution < -0.4 is 15.4 Å². The Balaban J connectivity index is 1.85. The molecular weight excluding hydrogens is 380 g/mol. The molecule has 3 aromatic rings. The fourth-order valence-electron chi connectivity index (χ4n) is 3.05. The normalized spacial score (nSPS) is 11.3. The largest absolute Gasteiger partial charge is 0.494 e. The highest BCUT2D eigenvalue weighted by Gasteiger charge is 2.18. The minimum Gasteiger partial charge on any atom is -0.494 e. The molecule has 0 radical (unpaired) electrons. The molecule has 3 aromatic carbocycles. The van der Waals surface area contributed by atoms with E-state index >= 15 is 0 Å². The molecular formula is C24H24N2O4. The summed E-state index contributed by atoms with van der Waals surface area (Å²) in [6.07, 6.45) is -0.593. The average Bonchev–Trinajstić information content (AvgIpc) is 2.79. The van der Waals surface area contributed by atoms with E-state index in [1.165, 1.54) is 7.11 Å². The molecule has 0 aromatic heterocycles. The zero-order valence-corrected chi connectivity index (χ0v) is 16.9. The summed E-state index contributed by atoms with van der Waals surface area (Å²) in [4.78, 5) is 24.4. The quantitative estimate of drug-likeness (QED) is 0.594. The van der Waals surface area contributed by atoms with Crippen molar-refractivity contribution in [3.63, 3.8) is 0 Å². The van der Waals surface area contributed by atoms with E-state index in [4.69, 9.17) is 4.74 Å². The lowest BCUT2D eigenvalue weighted by atomic mass is 9.98. The zero-order chi connectivity index (χ0) is 21.3. The lowest BCUT2D eigenvalue weighted by Crippen LogP contribution is -2.29. The molecule has 2 amide bonds. The second-order valence-corrected chi connectivity index (χ2v) is 6.52. The number of amides is 2. The summed E-state index contributed by atoms with van der Waals surface area (Å²) in [7, 11) is 1.28. The molecule has 0 saturated heterocycles. The summed E-state index contributed by atoms with van der Waals surface area (Å²) >= 11 is 0. The third-order valence-corrected chi connectivity index (χ3v) is 4.49. The summed E-state index contributed by atoms with van der Waals surface area (Å²) in [5.41, 5.74) is 2.79. The van der Waals surface area contributed by atoms with Crippen molar-refractivity contribution in [3.05, 3.63) is 95.6 Å². The number of rotatable bonds is 7. The first-order chi connectivity index (χ1) is 14.6. The molecule has 0 heterocycles. The van der Waals surface area contributed by atoms with Crippen LogP contribution in [0.25, 0.3) is 0 Å². The Morgan fingerprint density at radius 3 is 2.27 bits per heavy atom. The third-order valence-electron chi connectivity index (χ3n) is 4.49.